The minimum atomic E-state index is -3.75. The predicted molar refractivity (Wildman–Crippen MR) is 50.0 cm³/mol. The molecule has 1 aromatic rings. The second-order valence-corrected chi connectivity index (χ2v) is 3.80. The Kier molecular flexibility index (Phi) is 2.86. The first-order valence-electron chi connectivity index (χ1n) is 5.11. The Bertz CT molecular complexity index is 387. The summed E-state index contributed by atoms with van der Waals surface area (Å²) in [6.45, 7) is 2.70. The van der Waals surface area contributed by atoms with Gasteiger partial charge in [0.15, 0.2) is 6.29 Å². The summed E-state index contributed by atoms with van der Waals surface area (Å²) in [5, 5.41) is 6.84. The summed E-state index contributed by atoms with van der Waals surface area (Å²) < 4.78 is 51.9. The van der Waals surface area contributed by atoms with Crippen molar-refractivity contribution in [3.05, 3.63) is 12.4 Å². The molecular formula is C9H12F3N3O2. The molecule has 8 heteroatoms. The molecule has 1 aromatic heterocycles. The van der Waals surface area contributed by atoms with Gasteiger partial charge in [0.1, 0.15) is 0 Å². The minimum absolute atomic E-state index is 0.0780. The maximum atomic E-state index is 13.9. The summed E-state index contributed by atoms with van der Waals surface area (Å²) in [7, 11) is 0. The Labute approximate surface area is 95.5 Å². The molecule has 1 aliphatic rings. The molecule has 1 aliphatic heterocycles. The van der Waals surface area contributed by atoms with Gasteiger partial charge in [-0.1, -0.05) is 5.21 Å². The number of halogens is 3. The van der Waals surface area contributed by atoms with E-state index < -0.39 is 24.1 Å². The van der Waals surface area contributed by atoms with Gasteiger partial charge < -0.3 is 9.47 Å². The lowest BCUT2D eigenvalue weighted by molar-refractivity contribution is -0.235. The molecule has 0 radical (unpaired) electrons. The second kappa shape index (κ2) is 3.95. The van der Waals surface area contributed by atoms with Gasteiger partial charge in [-0.05, 0) is 13.8 Å². The van der Waals surface area contributed by atoms with Crippen molar-refractivity contribution in [2.24, 2.45) is 0 Å². The highest BCUT2D eigenvalue weighted by Crippen LogP contribution is 2.48. The van der Waals surface area contributed by atoms with Gasteiger partial charge in [0, 0.05) is 12.8 Å². The van der Waals surface area contributed by atoms with Gasteiger partial charge in [0.25, 0.3) is 0 Å². The van der Waals surface area contributed by atoms with Crippen molar-refractivity contribution in [1.29, 1.82) is 0 Å². The lowest BCUT2D eigenvalue weighted by Crippen LogP contribution is -2.48. The fourth-order valence-corrected chi connectivity index (χ4v) is 1.72. The first-order chi connectivity index (χ1) is 7.93. The van der Waals surface area contributed by atoms with Gasteiger partial charge >= 0.3 is 5.92 Å². The molecule has 0 aromatic carbocycles. The van der Waals surface area contributed by atoms with Crippen molar-refractivity contribution in [2.45, 2.75) is 38.0 Å². The predicted octanol–water partition coefficient (Wildman–Crippen LogP) is 1.32. The van der Waals surface area contributed by atoms with E-state index in [1.807, 2.05) is 0 Å². The third kappa shape index (κ3) is 1.62. The SMILES string of the molecule is CCOC1OC(C)(n2ccnn2)C(F)(F)C1F. The van der Waals surface area contributed by atoms with Crippen molar-refractivity contribution >= 4 is 0 Å². The van der Waals surface area contributed by atoms with Gasteiger partial charge in [-0.3, -0.25) is 0 Å². The Balaban J connectivity index is 2.35. The first-order valence-corrected chi connectivity index (χ1v) is 5.11. The number of nitrogens with zero attached hydrogens (tertiary/aromatic N) is 3. The highest BCUT2D eigenvalue weighted by atomic mass is 19.3. The number of rotatable bonds is 3. The van der Waals surface area contributed by atoms with Crippen molar-refractivity contribution in [1.82, 2.24) is 15.0 Å². The quantitative estimate of drug-likeness (QED) is 0.812. The van der Waals surface area contributed by atoms with Crippen LogP contribution in [0.1, 0.15) is 13.8 Å². The van der Waals surface area contributed by atoms with Crippen LogP contribution in [0.4, 0.5) is 13.2 Å². The Morgan fingerprint density at radius 2 is 2.24 bits per heavy atom. The van der Waals surface area contributed by atoms with E-state index >= 15 is 0 Å². The topological polar surface area (TPSA) is 49.2 Å². The average Bonchev–Trinajstić information content (AvgIpc) is 2.84. The molecule has 96 valence electrons. The molecule has 2 rings (SSSR count). The normalized spacial score (nSPS) is 36.3. The summed E-state index contributed by atoms with van der Waals surface area (Å²) in [6.07, 6.45) is -1.75. The van der Waals surface area contributed by atoms with Crippen LogP contribution in [0.3, 0.4) is 0 Å². The molecule has 5 nitrogen and oxygen atoms in total. The fourth-order valence-electron chi connectivity index (χ4n) is 1.72. The van der Waals surface area contributed by atoms with Gasteiger partial charge in [0.2, 0.25) is 11.9 Å². The van der Waals surface area contributed by atoms with Crippen LogP contribution < -0.4 is 0 Å². The number of hydrogen-bond acceptors (Lipinski definition) is 4. The molecule has 0 aliphatic carbocycles. The number of alkyl halides is 3. The third-order valence-electron chi connectivity index (χ3n) is 2.74. The highest BCUT2D eigenvalue weighted by Gasteiger charge is 2.69. The number of hydrogen-bond donors (Lipinski definition) is 0. The van der Waals surface area contributed by atoms with E-state index in [0.29, 0.717) is 0 Å². The molecule has 0 bridgehead atoms. The monoisotopic (exact) mass is 251 g/mol. The largest absolute Gasteiger partial charge is 0.350 e. The average molecular weight is 251 g/mol. The molecule has 0 amide bonds. The Hall–Kier alpha value is -1.15. The van der Waals surface area contributed by atoms with Crippen LogP contribution >= 0.6 is 0 Å². The standard InChI is InChI=1S/C9H12F3N3O2/c1-3-16-7-6(10)9(11,12)8(2,17-7)15-5-4-13-14-15/h4-7H,3H2,1-2H3. The second-order valence-electron chi connectivity index (χ2n) is 3.80. The zero-order valence-electron chi connectivity index (χ0n) is 9.31. The molecule has 0 saturated carbocycles. The van der Waals surface area contributed by atoms with E-state index in [4.69, 9.17) is 9.47 Å². The van der Waals surface area contributed by atoms with Crippen LogP contribution in [0.2, 0.25) is 0 Å². The zero-order chi connectivity index (χ0) is 12.7. The van der Waals surface area contributed by atoms with E-state index in [1.54, 1.807) is 6.92 Å². The molecule has 3 atom stereocenters. The zero-order valence-corrected chi connectivity index (χ0v) is 9.31. The first kappa shape index (κ1) is 12.3. The van der Waals surface area contributed by atoms with E-state index in [1.165, 1.54) is 12.4 Å². The van der Waals surface area contributed by atoms with E-state index in [2.05, 4.69) is 10.3 Å². The van der Waals surface area contributed by atoms with Gasteiger partial charge in [-0.25, -0.2) is 9.07 Å². The van der Waals surface area contributed by atoms with Crippen molar-refractivity contribution < 1.29 is 22.6 Å². The van der Waals surface area contributed by atoms with E-state index in [0.717, 1.165) is 11.6 Å². The Morgan fingerprint density at radius 3 is 2.76 bits per heavy atom. The maximum Gasteiger partial charge on any atom is 0.331 e. The van der Waals surface area contributed by atoms with Gasteiger partial charge in [0.05, 0.1) is 6.20 Å². The minimum Gasteiger partial charge on any atom is -0.350 e. The number of ether oxygens (including phenoxy) is 2. The molecule has 17 heavy (non-hydrogen) atoms. The van der Waals surface area contributed by atoms with Crippen molar-refractivity contribution in [2.75, 3.05) is 6.61 Å². The van der Waals surface area contributed by atoms with Crippen LogP contribution in [0.5, 0.6) is 0 Å². The van der Waals surface area contributed by atoms with Crippen LogP contribution in [-0.4, -0.2) is 40.0 Å². The van der Waals surface area contributed by atoms with Crippen LogP contribution in [-0.2, 0) is 15.2 Å². The summed E-state index contributed by atoms with van der Waals surface area (Å²) in [5.74, 6) is -3.75. The Morgan fingerprint density at radius 1 is 1.53 bits per heavy atom. The van der Waals surface area contributed by atoms with Crippen molar-refractivity contribution in [3.63, 3.8) is 0 Å². The van der Waals surface area contributed by atoms with Crippen LogP contribution in [0, 0.1) is 0 Å². The number of aromatic nitrogens is 3. The third-order valence-corrected chi connectivity index (χ3v) is 2.74. The summed E-state index contributed by atoms with van der Waals surface area (Å²) >= 11 is 0. The smallest absolute Gasteiger partial charge is 0.331 e. The molecule has 3 unspecified atom stereocenters. The molecule has 0 N–H and O–H groups in total. The van der Waals surface area contributed by atoms with Crippen LogP contribution in [0.15, 0.2) is 12.4 Å². The van der Waals surface area contributed by atoms with E-state index in [-0.39, 0.29) is 6.61 Å². The summed E-state index contributed by atoms with van der Waals surface area (Å²) in [6, 6.07) is 0. The molecule has 1 saturated heterocycles. The maximum absolute atomic E-state index is 13.9. The molecule has 2 heterocycles. The van der Waals surface area contributed by atoms with Gasteiger partial charge in [-0.15, -0.1) is 5.10 Å². The fraction of sp³-hybridized carbons (Fsp3) is 0.778. The molecule has 0 spiro atoms. The molecule has 1 fully saturated rings. The summed E-state index contributed by atoms with van der Waals surface area (Å²) in [5.41, 5.74) is -2.23. The van der Waals surface area contributed by atoms with Gasteiger partial charge in [-0.2, -0.15) is 8.78 Å². The highest BCUT2D eigenvalue weighted by molar-refractivity contribution is 5.00. The van der Waals surface area contributed by atoms with E-state index in [9.17, 15) is 13.2 Å². The lowest BCUT2D eigenvalue weighted by Gasteiger charge is -2.29. The lowest BCUT2D eigenvalue weighted by atomic mass is 10.1. The summed E-state index contributed by atoms with van der Waals surface area (Å²) in [4.78, 5) is 0. The molecular weight excluding hydrogens is 239 g/mol. The van der Waals surface area contributed by atoms with Crippen molar-refractivity contribution in [3.8, 4) is 0 Å². The van der Waals surface area contributed by atoms with Crippen LogP contribution in [0.25, 0.3) is 0 Å².